The van der Waals surface area contributed by atoms with Gasteiger partial charge in [0.25, 0.3) is 0 Å². The first-order valence-electron chi connectivity index (χ1n) is 10.2. The Bertz CT molecular complexity index is 912. The summed E-state index contributed by atoms with van der Waals surface area (Å²) in [4.78, 5) is 30.1. The number of anilines is 2. The summed E-state index contributed by atoms with van der Waals surface area (Å²) in [5.74, 6) is -0.394. The summed E-state index contributed by atoms with van der Waals surface area (Å²) in [5.41, 5.74) is 4.30. The van der Waals surface area contributed by atoms with E-state index in [0.717, 1.165) is 24.3 Å². The summed E-state index contributed by atoms with van der Waals surface area (Å²) in [7, 11) is 0. The molecule has 3 rings (SSSR count). The topological polar surface area (TPSA) is 52.7 Å². The van der Waals surface area contributed by atoms with Crippen molar-refractivity contribution in [3.05, 3.63) is 59.2 Å². The minimum Gasteiger partial charge on any atom is -0.368 e. The van der Waals surface area contributed by atoms with E-state index in [1.54, 1.807) is 13.8 Å². The third-order valence-corrected chi connectivity index (χ3v) is 5.80. The van der Waals surface area contributed by atoms with E-state index in [1.807, 2.05) is 36.9 Å². The molecule has 0 aliphatic carbocycles. The van der Waals surface area contributed by atoms with Crippen molar-refractivity contribution >= 4 is 23.2 Å². The third-order valence-electron chi connectivity index (χ3n) is 5.80. The van der Waals surface area contributed by atoms with Crippen LogP contribution in [-0.2, 0) is 9.59 Å². The number of nitrogens with one attached hydrogen (secondary N) is 1. The largest absolute Gasteiger partial charge is 0.368 e. The fourth-order valence-corrected chi connectivity index (χ4v) is 3.59. The molecule has 2 aromatic carbocycles. The first-order chi connectivity index (χ1) is 13.7. The van der Waals surface area contributed by atoms with Gasteiger partial charge in [0.1, 0.15) is 5.41 Å². The minimum absolute atomic E-state index is 0.122. The van der Waals surface area contributed by atoms with Gasteiger partial charge < -0.3 is 15.1 Å². The molecule has 5 heteroatoms. The molecule has 2 amide bonds. The Labute approximate surface area is 173 Å². The number of aryl methyl sites for hydroxylation is 3. The van der Waals surface area contributed by atoms with Gasteiger partial charge in [-0.05, 0) is 75.6 Å². The summed E-state index contributed by atoms with van der Waals surface area (Å²) in [6.07, 6.45) is 0. The third kappa shape index (κ3) is 4.61. The molecular weight excluding hydrogens is 362 g/mol. The van der Waals surface area contributed by atoms with Gasteiger partial charge in [0.2, 0.25) is 11.8 Å². The van der Waals surface area contributed by atoms with Crippen molar-refractivity contribution in [3.63, 3.8) is 0 Å². The average molecular weight is 394 g/mol. The maximum atomic E-state index is 13.1. The standard InChI is InChI=1S/C24H31N3O2/c1-17-7-6-8-21(15-17)26-11-13-27(14-12-26)23(29)24(4,5)22(28)25-20-10-9-18(2)19(3)16-20/h6-10,15-16H,11-14H2,1-5H3,(H,25,28). The number of amides is 2. The van der Waals surface area contributed by atoms with Gasteiger partial charge in [0, 0.05) is 37.6 Å². The molecule has 0 spiro atoms. The van der Waals surface area contributed by atoms with E-state index in [4.69, 9.17) is 0 Å². The minimum atomic E-state index is -1.12. The molecule has 5 nitrogen and oxygen atoms in total. The molecule has 1 fully saturated rings. The summed E-state index contributed by atoms with van der Waals surface area (Å²) in [6.45, 7) is 12.3. The SMILES string of the molecule is Cc1cccc(N2CCN(C(=O)C(C)(C)C(=O)Nc3ccc(C)c(C)c3)CC2)c1. The quantitative estimate of drug-likeness (QED) is 0.801. The molecule has 1 aliphatic heterocycles. The molecule has 1 saturated heterocycles. The second-order valence-electron chi connectivity index (χ2n) is 8.50. The Morgan fingerprint density at radius 2 is 1.59 bits per heavy atom. The van der Waals surface area contributed by atoms with Crippen molar-refractivity contribution in [2.75, 3.05) is 36.4 Å². The van der Waals surface area contributed by atoms with Gasteiger partial charge in [0.05, 0.1) is 0 Å². The highest BCUT2D eigenvalue weighted by Gasteiger charge is 2.40. The Hall–Kier alpha value is -2.82. The summed E-state index contributed by atoms with van der Waals surface area (Å²) < 4.78 is 0. The Balaban J connectivity index is 1.62. The summed E-state index contributed by atoms with van der Waals surface area (Å²) in [6, 6.07) is 14.2. The van der Waals surface area contributed by atoms with E-state index in [1.165, 1.54) is 16.8 Å². The number of piperazine rings is 1. The molecule has 29 heavy (non-hydrogen) atoms. The zero-order valence-corrected chi connectivity index (χ0v) is 18.1. The lowest BCUT2D eigenvalue weighted by atomic mass is 9.89. The lowest BCUT2D eigenvalue weighted by molar-refractivity contribution is -0.146. The molecule has 154 valence electrons. The van der Waals surface area contributed by atoms with Crippen LogP contribution in [0.4, 0.5) is 11.4 Å². The zero-order chi connectivity index (χ0) is 21.2. The number of carbonyl (C=O) groups is 2. The van der Waals surface area contributed by atoms with E-state index in [0.29, 0.717) is 13.1 Å². The molecule has 0 aromatic heterocycles. The fourth-order valence-electron chi connectivity index (χ4n) is 3.59. The van der Waals surface area contributed by atoms with Crippen LogP contribution >= 0.6 is 0 Å². The number of hydrogen-bond acceptors (Lipinski definition) is 3. The van der Waals surface area contributed by atoms with Gasteiger partial charge in [-0.1, -0.05) is 18.2 Å². The average Bonchev–Trinajstić information content (AvgIpc) is 2.70. The summed E-state index contributed by atoms with van der Waals surface area (Å²) in [5, 5.41) is 2.91. The van der Waals surface area contributed by atoms with Crippen molar-refractivity contribution in [2.45, 2.75) is 34.6 Å². The highest BCUT2D eigenvalue weighted by atomic mass is 16.2. The molecule has 1 N–H and O–H groups in total. The lowest BCUT2D eigenvalue weighted by Crippen LogP contribution is -2.54. The molecule has 1 aliphatic rings. The second kappa shape index (κ2) is 8.27. The first kappa shape index (κ1) is 20.9. The van der Waals surface area contributed by atoms with Gasteiger partial charge in [-0.3, -0.25) is 9.59 Å². The molecule has 0 radical (unpaired) electrons. The number of rotatable bonds is 4. The molecule has 0 saturated carbocycles. The van der Waals surface area contributed by atoms with Crippen LogP contribution in [0, 0.1) is 26.2 Å². The number of nitrogens with zero attached hydrogens (tertiary/aromatic N) is 2. The van der Waals surface area contributed by atoms with E-state index >= 15 is 0 Å². The van der Waals surface area contributed by atoms with Crippen LogP contribution in [0.3, 0.4) is 0 Å². The van der Waals surface area contributed by atoms with E-state index < -0.39 is 5.41 Å². The Morgan fingerprint density at radius 1 is 0.897 bits per heavy atom. The normalized spacial score (nSPS) is 14.7. The van der Waals surface area contributed by atoms with Crippen LogP contribution in [0.5, 0.6) is 0 Å². The predicted molar refractivity (Wildman–Crippen MR) is 118 cm³/mol. The van der Waals surface area contributed by atoms with Crippen molar-refractivity contribution in [2.24, 2.45) is 5.41 Å². The lowest BCUT2D eigenvalue weighted by Gasteiger charge is -2.39. The maximum Gasteiger partial charge on any atom is 0.239 e. The first-order valence-corrected chi connectivity index (χ1v) is 10.2. The van der Waals surface area contributed by atoms with Crippen LogP contribution in [0.25, 0.3) is 0 Å². The predicted octanol–water partition coefficient (Wildman–Crippen LogP) is 3.93. The number of hydrogen-bond donors (Lipinski definition) is 1. The number of benzene rings is 2. The Morgan fingerprint density at radius 3 is 2.21 bits per heavy atom. The summed E-state index contributed by atoms with van der Waals surface area (Å²) >= 11 is 0. The monoisotopic (exact) mass is 393 g/mol. The molecular formula is C24H31N3O2. The molecule has 0 atom stereocenters. The highest BCUT2D eigenvalue weighted by molar-refractivity contribution is 6.09. The maximum absolute atomic E-state index is 13.1. The van der Waals surface area contributed by atoms with Crippen LogP contribution in [-0.4, -0.2) is 42.9 Å². The zero-order valence-electron chi connectivity index (χ0n) is 18.1. The highest BCUT2D eigenvalue weighted by Crippen LogP contribution is 2.25. The van der Waals surface area contributed by atoms with Crippen LogP contribution in [0.15, 0.2) is 42.5 Å². The van der Waals surface area contributed by atoms with Crippen molar-refractivity contribution in [3.8, 4) is 0 Å². The van der Waals surface area contributed by atoms with Crippen LogP contribution in [0.2, 0.25) is 0 Å². The van der Waals surface area contributed by atoms with Crippen molar-refractivity contribution in [1.29, 1.82) is 0 Å². The molecule has 0 bridgehead atoms. The van der Waals surface area contributed by atoms with Crippen molar-refractivity contribution in [1.82, 2.24) is 4.90 Å². The number of carbonyl (C=O) groups excluding carboxylic acids is 2. The van der Waals surface area contributed by atoms with E-state index in [9.17, 15) is 9.59 Å². The fraction of sp³-hybridized carbons (Fsp3) is 0.417. The van der Waals surface area contributed by atoms with Gasteiger partial charge in [-0.2, -0.15) is 0 Å². The Kier molecular flexibility index (Phi) is 5.96. The van der Waals surface area contributed by atoms with Crippen LogP contribution in [0.1, 0.15) is 30.5 Å². The van der Waals surface area contributed by atoms with E-state index in [2.05, 4.69) is 41.4 Å². The van der Waals surface area contributed by atoms with E-state index in [-0.39, 0.29) is 11.8 Å². The van der Waals surface area contributed by atoms with Gasteiger partial charge in [-0.25, -0.2) is 0 Å². The van der Waals surface area contributed by atoms with Gasteiger partial charge in [-0.15, -0.1) is 0 Å². The van der Waals surface area contributed by atoms with Crippen LogP contribution < -0.4 is 10.2 Å². The molecule has 2 aromatic rings. The van der Waals surface area contributed by atoms with Gasteiger partial charge >= 0.3 is 0 Å². The molecule has 1 heterocycles. The second-order valence-corrected chi connectivity index (χ2v) is 8.50. The molecule has 0 unspecified atom stereocenters. The van der Waals surface area contributed by atoms with Crippen molar-refractivity contribution < 1.29 is 9.59 Å². The smallest absolute Gasteiger partial charge is 0.239 e. The van der Waals surface area contributed by atoms with Gasteiger partial charge in [0.15, 0.2) is 0 Å².